The van der Waals surface area contributed by atoms with Gasteiger partial charge in [0.05, 0.1) is 27.9 Å². The SMILES string of the molecule is CC(=O)/C=C(\C(C)=O)c1ccccc1.Cc1cc(C)cc(N2C(=O)c3ccc(C(=O)c4ccc5c(c4)C(=O)N(C)C5=O)cc3C2=O)c1. The number of fused-ring (bicyclic) bond motifs is 2. The van der Waals surface area contributed by atoms with E-state index in [1.54, 1.807) is 12.1 Å². The zero-order valence-electron chi connectivity index (χ0n) is 26.4. The number of anilines is 1. The molecule has 0 spiro atoms. The van der Waals surface area contributed by atoms with Gasteiger partial charge in [-0.3, -0.25) is 38.5 Å². The van der Waals surface area contributed by atoms with Crippen LogP contribution in [0.25, 0.3) is 5.57 Å². The summed E-state index contributed by atoms with van der Waals surface area (Å²) in [5, 5.41) is 0. The topological polar surface area (TPSA) is 126 Å². The van der Waals surface area contributed by atoms with Crippen molar-refractivity contribution in [2.45, 2.75) is 27.7 Å². The summed E-state index contributed by atoms with van der Waals surface area (Å²) in [5.74, 6) is -2.44. The highest BCUT2D eigenvalue weighted by atomic mass is 16.2. The lowest BCUT2D eigenvalue weighted by Crippen LogP contribution is -2.29. The van der Waals surface area contributed by atoms with Crippen LogP contribution in [0.2, 0.25) is 0 Å². The minimum Gasteiger partial charge on any atom is -0.295 e. The molecule has 0 saturated carbocycles. The predicted molar refractivity (Wildman–Crippen MR) is 176 cm³/mol. The Hall–Kier alpha value is -6.09. The van der Waals surface area contributed by atoms with Gasteiger partial charge in [0.15, 0.2) is 17.3 Å². The van der Waals surface area contributed by atoms with Gasteiger partial charge in [0.1, 0.15) is 0 Å². The third-order valence-electron chi connectivity index (χ3n) is 7.78. The normalized spacial score (nSPS) is 13.7. The lowest BCUT2D eigenvalue weighted by molar-refractivity contribution is -0.114. The number of carbonyl (C=O) groups is 7. The molecule has 4 amide bonds. The largest absolute Gasteiger partial charge is 0.295 e. The van der Waals surface area contributed by atoms with Crippen molar-refractivity contribution in [3.8, 4) is 0 Å². The molecular formula is C38H30N2O7. The number of rotatable bonds is 6. The Labute approximate surface area is 271 Å². The van der Waals surface area contributed by atoms with Crippen LogP contribution < -0.4 is 4.90 Å². The summed E-state index contributed by atoms with van der Waals surface area (Å²) in [6.07, 6.45) is 1.37. The van der Waals surface area contributed by atoms with Gasteiger partial charge in [0.2, 0.25) is 0 Å². The van der Waals surface area contributed by atoms with Crippen LogP contribution in [-0.2, 0) is 9.59 Å². The molecule has 0 atom stereocenters. The quantitative estimate of drug-likeness (QED) is 0.150. The lowest BCUT2D eigenvalue weighted by atomic mass is 9.96. The van der Waals surface area contributed by atoms with Gasteiger partial charge < -0.3 is 0 Å². The Morgan fingerprint density at radius 3 is 1.60 bits per heavy atom. The summed E-state index contributed by atoms with van der Waals surface area (Å²) >= 11 is 0. The fourth-order valence-corrected chi connectivity index (χ4v) is 5.57. The van der Waals surface area contributed by atoms with Gasteiger partial charge in [-0.15, -0.1) is 0 Å². The number of hydrogen-bond donors (Lipinski definition) is 0. The van der Waals surface area contributed by atoms with Crippen LogP contribution in [0.15, 0.2) is 91.0 Å². The van der Waals surface area contributed by atoms with E-state index in [1.807, 2.05) is 50.2 Å². The fraction of sp³-hybridized carbons (Fsp3) is 0.132. The Morgan fingerprint density at radius 1 is 0.574 bits per heavy atom. The third kappa shape index (κ3) is 6.24. The number of nitrogens with zero attached hydrogens (tertiary/aromatic N) is 2. The molecule has 0 aromatic heterocycles. The maximum atomic E-state index is 13.1. The Bertz CT molecular complexity index is 2050. The molecule has 0 N–H and O–H groups in total. The van der Waals surface area contributed by atoms with Crippen molar-refractivity contribution < 1.29 is 33.6 Å². The first-order chi connectivity index (χ1) is 22.3. The highest BCUT2D eigenvalue weighted by Crippen LogP contribution is 2.31. The van der Waals surface area contributed by atoms with Gasteiger partial charge in [0, 0.05) is 23.7 Å². The number of allylic oxidation sites excluding steroid dienone is 2. The second-order valence-corrected chi connectivity index (χ2v) is 11.4. The van der Waals surface area contributed by atoms with Gasteiger partial charge in [-0.1, -0.05) is 48.5 Å². The van der Waals surface area contributed by atoms with Crippen LogP contribution in [0.1, 0.15) is 87.9 Å². The predicted octanol–water partition coefficient (Wildman–Crippen LogP) is 5.81. The van der Waals surface area contributed by atoms with E-state index in [1.165, 1.54) is 63.4 Å². The fourth-order valence-electron chi connectivity index (χ4n) is 5.57. The highest BCUT2D eigenvalue weighted by molar-refractivity contribution is 6.35. The molecule has 234 valence electrons. The molecule has 6 rings (SSSR count). The molecule has 0 unspecified atom stereocenters. The average Bonchev–Trinajstić information content (AvgIpc) is 3.42. The Morgan fingerprint density at radius 2 is 1.06 bits per heavy atom. The number of Topliss-reactive ketones (excluding diaryl/α,β-unsaturated/α-hetero) is 1. The maximum Gasteiger partial charge on any atom is 0.266 e. The highest BCUT2D eigenvalue weighted by Gasteiger charge is 2.38. The van der Waals surface area contributed by atoms with Crippen LogP contribution in [-0.4, -0.2) is 52.9 Å². The first-order valence-electron chi connectivity index (χ1n) is 14.7. The van der Waals surface area contributed by atoms with Crippen molar-refractivity contribution in [1.29, 1.82) is 0 Å². The summed E-state index contributed by atoms with van der Waals surface area (Å²) in [5.41, 5.74) is 4.81. The molecule has 9 nitrogen and oxygen atoms in total. The van der Waals surface area contributed by atoms with Crippen molar-refractivity contribution in [1.82, 2.24) is 4.90 Å². The van der Waals surface area contributed by atoms with Gasteiger partial charge in [-0.25, -0.2) is 4.90 Å². The first-order valence-corrected chi connectivity index (χ1v) is 14.7. The molecule has 0 bridgehead atoms. The lowest BCUT2D eigenvalue weighted by Gasteiger charge is -2.15. The standard InChI is InChI=1S/C26H18N2O5.C12H12O2/c1-13-8-14(2)10-17(9-13)28-25(32)19-7-5-16(12-21(19)26(28)33)22(29)15-4-6-18-20(11-15)24(31)27(3)23(18)30;1-9(13)8-12(10(2)14)11-6-4-3-5-7-11/h4-12H,1-3H3;3-8H,1-2H3/b;12-8+. The summed E-state index contributed by atoms with van der Waals surface area (Å²) in [6.45, 7) is 6.67. The number of amides is 4. The summed E-state index contributed by atoms with van der Waals surface area (Å²) in [7, 11) is 1.39. The van der Waals surface area contributed by atoms with Crippen molar-refractivity contribution in [2.75, 3.05) is 11.9 Å². The van der Waals surface area contributed by atoms with Crippen LogP contribution in [0, 0.1) is 13.8 Å². The van der Waals surface area contributed by atoms with Crippen LogP contribution >= 0.6 is 0 Å². The second kappa shape index (κ2) is 12.7. The van der Waals surface area contributed by atoms with Gasteiger partial charge in [-0.05, 0) is 86.9 Å². The van der Waals surface area contributed by atoms with E-state index >= 15 is 0 Å². The first kappa shape index (κ1) is 32.3. The van der Waals surface area contributed by atoms with Crippen molar-refractivity contribution in [2.24, 2.45) is 0 Å². The van der Waals surface area contributed by atoms with Crippen molar-refractivity contribution in [3.63, 3.8) is 0 Å². The second-order valence-electron chi connectivity index (χ2n) is 11.4. The molecule has 0 fully saturated rings. The van der Waals surface area contributed by atoms with Crippen molar-refractivity contribution >= 4 is 52.2 Å². The molecule has 9 heteroatoms. The van der Waals surface area contributed by atoms with E-state index < -0.39 is 29.4 Å². The average molecular weight is 627 g/mol. The molecule has 0 aliphatic carbocycles. The molecular weight excluding hydrogens is 596 g/mol. The third-order valence-corrected chi connectivity index (χ3v) is 7.78. The summed E-state index contributed by atoms with van der Waals surface area (Å²) < 4.78 is 0. The van der Waals surface area contributed by atoms with Crippen molar-refractivity contribution in [3.05, 3.63) is 141 Å². The number of benzene rings is 4. The number of ketones is 3. The molecule has 2 aliphatic rings. The molecule has 4 aromatic carbocycles. The van der Waals surface area contributed by atoms with E-state index in [9.17, 15) is 33.6 Å². The monoisotopic (exact) mass is 626 g/mol. The van der Waals surface area contributed by atoms with E-state index in [-0.39, 0.29) is 44.9 Å². The molecule has 4 aromatic rings. The zero-order chi connectivity index (χ0) is 34.2. The Balaban J connectivity index is 0.000000261. The smallest absolute Gasteiger partial charge is 0.266 e. The number of imide groups is 2. The Kier molecular flexibility index (Phi) is 8.75. The number of carbonyl (C=O) groups excluding carboxylic acids is 7. The van der Waals surface area contributed by atoms with E-state index in [0.29, 0.717) is 11.3 Å². The van der Waals surface area contributed by atoms with Gasteiger partial charge >= 0.3 is 0 Å². The minimum absolute atomic E-state index is 0.0913. The van der Waals surface area contributed by atoms with Crippen LogP contribution in [0.3, 0.4) is 0 Å². The van der Waals surface area contributed by atoms with Gasteiger partial charge in [0.25, 0.3) is 23.6 Å². The minimum atomic E-state index is -0.494. The summed E-state index contributed by atoms with van der Waals surface area (Å²) in [4.78, 5) is 87.8. The van der Waals surface area contributed by atoms with E-state index in [2.05, 4.69) is 0 Å². The van der Waals surface area contributed by atoms with E-state index in [0.717, 1.165) is 26.5 Å². The van der Waals surface area contributed by atoms with Gasteiger partial charge in [-0.2, -0.15) is 0 Å². The zero-order valence-corrected chi connectivity index (χ0v) is 26.4. The van der Waals surface area contributed by atoms with E-state index in [4.69, 9.17) is 0 Å². The van der Waals surface area contributed by atoms with Crippen LogP contribution in [0.4, 0.5) is 5.69 Å². The molecule has 47 heavy (non-hydrogen) atoms. The summed E-state index contributed by atoms with van der Waals surface area (Å²) in [6, 6.07) is 23.4. The number of hydrogen-bond acceptors (Lipinski definition) is 7. The molecule has 2 heterocycles. The molecule has 0 saturated heterocycles. The number of aryl methyl sites for hydroxylation is 2. The van der Waals surface area contributed by atoms with Crippen LogP contribution in [0.5, 0.6) is 0 Å². The maximum absolute atomic E-state index is 13.1. The molecule has 0 radical (unpaired) electrons. The molecule has 2 aliphatic heterocycles.